The molecule has 0 aliphatic heterocycles. The molecule has 2 rings (SSSR count). The van der Waals surface area contributed by atoms with Gasteiger partial charge in [-0.05, 0) is 23.3 Å². The van der Waals surface area contributed by atoms with Crippen molar-refractivity contribution in [3.8, 4) is 0 Å². The van der Waals surface area contributed by atoms with Gasteiger partial charge in [-0.3, -0.25) is 0 Å². The third-order valence-corrected chi connectivity index (χ3v) is 3.70. The zero-order valence-electron chi connectivity index (χ0n) is 10.1. The minimum Gasteiger partial charge on any atom is -0.224 e. The van der Waals surface area contributed by atoms with E-state index in [0.29, 0.717) is 4.90 Å². The molecule has 0 saturated heterocycles. The molecule has 0 unspecified atom stereocenters. The maximum atomic E-state index is 11.3. The largest absolute Gasteiger partial charge is 0.224 e. The molecule has 92 valence electrons. The highest BCUT2D eigenvalue weighted by Gasteiger charge is 2.04. The first-order valence-corrected chi connectivity index (χ1v) is 7.48. The summed E-state index contributed by atoms with van der Waals surface area (Å²) in [5, 5.41) is 0. The van der Waals surface area contributed by atoms with E-state index in [4.69, 9.17) is 0 Å². The van der Waals surface area contributed by atoms with Crippen LogP contribution >= 0.6 is 0 Å². The molecule has 0 aliphatic rings. The Bertz CT molecular complexity index is 639. The fraction of sp³-hybridized carbons (Fsp3) is 0.0667. The van der Waals surface area contributed by atoms with Crippen molar-refractivity contribution in [3.63, 3.8) is 0 Å². The summed E-state index contributed by atoms with van der Waals surface area (Å²) in [4.78, 5) is 0.347. The highest BCUT2D eigenvalue weighted by Crippen LogP contribution is 2.12. The van der Waals surface area contributed by atoms with Crippen molar-refractivity contribution in [2.45, 2.75) is 4.90 Å². The van der Waals surface area contributed by atoms with Crippen LogP contribution in [-0.2, 0) is 9.84 Å². The molecule has 3 heteroatoms. The average Bonchev–Trinajstić information content (AvgIpc) is 2.37. The maximum Gasteiger partial charge on any atom is 0.175 e. The van der Waals surface area contributed by atoms with Crippen LogP contribution in [0.3, 0.4) is 0 Å². The first kappa shape index (κ1) is 12.6. The molecular weight excluding hydrogens is 244 g/mol. The molecule has 2 nitrogen and oxygen atoms in total. The van der Waals surface area contributed by atoms with Gasteiger partial charge in [0.15, 0.2) is 9.84 Å². The number of hydrogen-bond donors (Lipinski definition) is 0. The lowest BCUT2D eigenvalue weighted by molar-refractivity contribution is 0.602. The first-order valence-electron chi connectivity index (χ1n) is 5.59. The van der Waals surface area contributed by atoms with E-state index in [0.717, 1.165) is 11.1 Å². The normalized spacial score (nSPS) is 11.8. The smallest absolute Gasteiger partial charge is 0.175 e. The van der Waals surface area contributed by atoms with Gasteiger partial charge in [-0.15, -0.1) is 0 Å². The van der Waals surface area contributed by atoms with Gasteiger partial charge in [0.25, 0.3) is 0 Å². The fourth-order valence-electron chi connectivity index (χ4n) is 1.58. The lowest BCUT2D eigenvalue weighted by Crippen LogP contribution is -1.95. The summed E-state index contributed by atoms with van der Waals surface area (Å²) in [5.74, 6) is 0. The van der Waals surface area contributed by atoms with Crippen molar-refractivity contribution < 1.29 is 8.42 Å². The van der Waals surface area contributed by atoms with E-state index < -0.39 is 9.84 Å². The summed E-state index contributed by atoms with van der Waals surface area (Å²) in [7, 11) is -3.11. The topological polar surface area (TPSA) is 34.1 Å². The number of sulfone groups is 1. The summed E-state index contributed by atoms with van der Waals surface area (Å²) < 4.78 is 22.6. The van der Waals surface area contributed by atoms with Crippen LogP contribution in [0.4, 0.5) is 0 Å². The Morgan fingerprint density at radius 2 is 1.28 bits per heavy atom. The van der Waals surface area contributed by atoms with Crippen LogP contribution in [0.1, 0.15) is 11.1 Å². The molecule has 0 bridgehead atoms. The van der Waals surface area contributed by atoms with E-state index in [-0.39, 0.29) is 0 Å². The predicted molar refractivity (Wildman–Crippen MR) is 74.9 cm³/mol. The van der Waals surface area contributed by atoms with Crippen LogP contribution in [0.15, 0.2) is 59.5 Å². The summed E-state index contributed by atoms with van der Waals surface area (Å²) >= 11 is 0. The average molecular weight is 258 g/mol. The van der Waals surface area contributed by atoms with E-state index in [1.165, 1.54) is 6.26 Å². The maximum absolute atomic E-state index is 11.3. The molecule has 0 atom stereocenters. The van der Waals surface area contributed by atoms with Gasteiger partial charge in [0.1, 0.15) is 0 Å². The molecule has 0 aliphatic carbocycles. The lowest BCUT2D eigenvalue weighted by atomic mass is 10.1. The number of hydrogen-bond acceptors (Lipinski definition) is 2. The fourth-order valence-corrected chi connectivity index (χ4v) is 2.21. The van der Waals surface area contributed by atoms with Crippen molar-refractivity contribution >= 4 is 22.0 Å². The highest BCUT2D eigenvalue weighted by molar-refractivity contribution is 7.90. The third kappa shape index (κ3) is 3.31. The van der Waals surface area contributed by atoms with E-state index >= 15 is 0 Å². The first-order chi connectivity index (χ1) is 8.55. The second kappa shape index (κ2) is 5.19. The van der Waals surface area contributed by atoms with Crippen LogP contribution in [-0.4, -0.2) is 14.7 Å². The molecule has 0 saturated carbocycles. The Hall–Kier alpha value is -1.87. The zero-order chi connectivity index (χ0) is 13.0. The molecule has 0 radical (unpaired) electrons. The SMILES string of the molecule is CS(=O)(=O)c1ccc(/C=C/c2ccccc2)cc1. The van der Waals surface area contributed by atoms with Crippen LogP contribution in [0.5, 0.6) is 0 Å². The van der Waals surface area contributed by atoms with Crippen molar-refractivity contribution in [2.24, 2.45) is 0 Å². The number of benzene rings is 2. The molecule has 0 amide bonds. The minimum atomic E-state index is -3.11. The molecule has 18 heavy (non-hydrogen) atoms. The summed E-state index contributed by atoms with van der Waals surface area (Å²) in [6.07, 6.45) is 5.17. The Labute approximate surface area is 108 Å². The Balaban J connectivity index is 2.19. The predicted octanol–water partition coefficient (Wildman–Crippen LogP) is 3.26. The Kier molecular flexibility index (Phi) is 3.63. The Morgan fingerprint density at radius 1 is 0.778 bits per heavy atom. The standard InChI is InChI=1S/C15H14O2S/c1-18(16,17)15-11-9-14(10-12-15)8-7-13-5-3-2-4-6-13/h2-12H,1H3/b8-7+. The van der Waals surface area contributed by atoms with E-state index in [9.17, 15) is 8.42 Å². The molecule has 2 aromatic rings. The second-order valence-electron chi connectivity index (χ2n) is 4.09. The molecule has 0 spiro atoms. The quantitative estimate of drug-likeness (QED) is 0.792. The van der Waals surface area contributed by atoms with Gasteiger partial charge >= 0.3 is 0 Å². The van der Waals surface area contributed by atoms with Gasteiger partial charge in [0.05, 0.1) is 4.90 Å². The van der Waals surface area contributed by atoms with Gasteiger partial charge in [0, 0.05) is 6.26 Å². The summed E-state index contributed by atoms with van der Waals surface area (Å²) in [5.41, 5.74) is 2.09. The monoisotopic (exact) mass is 258 g/mol. The summed E-state index contributed by atoms with van der Waals surface area (Å²) in [6.45, 7) is 0. The van der Waals surface area contributed by atoms with Crippen molar-refractivity contribution in [1.29, 1.82) is 0 Å². The molecular formula is C15H14O2S. The van der Waals surface area contributed by atoms with Crippen LogP contribution < -0.4 is 0 Å². The lowest BCUT2D eigenvalue weighted by Gasteiger charge is -1.98. The van der Waals surface area contributed by atoms with E-state index in [1.807, 2.05) is 42.5 Å². The van der Waals surface area contributed by atoms with Crippen molar-refractivity contribution in [3.05, 3.63) is 65.7 Å². The van der Waals surface area contributed by atoms with Gasteiger partial charge < -0.3 is 0 Å². The molecule has 2 aromatic carbocycles. The van der Waals surface area contributed by atoms with Gasteiger partial charge in [-0.1, -0.05) is 54.6 Å². The number of rotatable bonds is 3. The zero-order valence-corrected chi connectivity index (χ0v) is 10.9. The Morgan fingerprint density at radius 3 is 1.78 bits per heavy atom. The van der Waals surface area contributed by atoms with Crippen LogP contribution in [0.25, 0.3) is 12.2 Å². The minimum absolute atomic E-state index is 0.347. The molecule has 0 heterocycles. The van der Waals surface area contributed by atoms with Crippen LogP contribution in [0.2, 0.25) is 0 Å². The van der Waals surface area contributed by atoms with E-state index in [2.05, 4.69) is 0 Å². The van der Waals surface area contributed by atoms with Crippen molar-refractivity contribution in [2.75, 3.05) is 6.26 Å². The van der Waals surface area contributed by atoms with Gasteiger partial charge in [0.2, 0.25) is 0 Å². The van der Waals surface area contributed by atoms with Crippen LogP contribution in [0, 0.1) is 0 Å². The van der Waals surface area contributed by atoms with Gasteiger partial charge in [-0.25, -0.2) is 8.42 Å². The summed E-state index contributed by atoms with van der Waals surface area (Å²) in [6, 6.07) is 16.8. The van der Waals surface area contributed by atoms with E-state index in [1.54, 1.807) is 24.3 Å². The molecule has 0 N–H and O–H groups in total. The molecule has 0 aromatic heterocycles. The second-order valence-corrected chi connectivity index (χ2v) is 6.10. The van der Waals surface area contributed by atoms with Crippen molar-refractivity contribution in [1.82, 2.24) is 0 Å². The van der Waals surface area contributed by atoms with Gasteiger partial charge in [-0.2, -0.15) is 0 Å². The highest BCUT2D eigenvalue weighted by atomic mass is 32.2. The third-order valence-electron chi connectivity index (χ3n) is 2.58. The molecule has 0 fully saturated rings.